The number of hydrogen-bond acceptors (Lipinski definition) is 5. The Bertz CT molecular complexity index is 490. The molecule has 5 heteroatoms. The van der Waals surface area contributed by atoms with Gasteiger partial charge >= 0.3 is 0 Å². The number of benzene rings is 2. The highest BCUT2D eigenvalue weighted by Gasteiger charge is 2.01. The van der Waals surface area contributed by atoms with Gasteiger partial charge in [0.25, 0.3) is 0 Å². The van der Waals surface area contributed by atoms with Crippen LogP contribution in [0.4, 0.5) is 0 Å². The van der Waals surface area contributed by atoms with Crippen LogP contribution in [0.2, 0.25) is 0 Å². The lowest BCUT2D eigenvalue weighted by Crippen LogP contribution is -1.80. The average molecular weight is 250 g/mol. The summed E-state index contributed by atoms with van der Waals surface area (Å²) >= 11 is 0. The number of aromatic hydroxyl groups is 4. The summed E-state index contributed by atoms with van der Waals surface area (Å²) in [6.07, 6.45) is 0. The van der Waals surface area contributed by atoms with Gasteiger partial charge in [-0.1, -0.05) is 18.2 Å². The van der Waals surface area contributed by atoms with E-state index in [9.17, 15) is 0 Å². The maximum absolute atomic E-state index is 8.99. The van der Waals surface area contributed by atoms with Crippen molar-refractivity contribution in [3.05, 3.63) is 42.5 Å². The van der Waals surface area contributed by atoms with Crippen molar-refractivity contribution in [2.45, 2.75) is 0 Å². The minimum Gasteiger partial charge on any atom is -0.504 e. The molecule has 0 atom stereocenters. The van der Waals surface area contributed by atoms with Gasteiger partial charge in [-0.05, 0) is 24.3 Å². The average Bonchev–Trinajstić information content (AvgIpc) is 2.37. The van der Waals surface area contributed by atoms with Gasteiger partial charge in [0.1, 0.15) is 0 Å². The number of phenolic OH excluding ortho intramolecular Hbond substituents is 4. The molecule has 0 radical (unpaired) electrons. The van der Waals surface area contributed by atoms with Crippen molar-refractivity contribution in [1.82, 2.24) is 0 Å². The molecule has 96 valence electrons. The third-order valence-corrected chi connectivity index (χ3v) is 2.08. The second kappa shape index (κ2) is 6.24. The summed E-state index contributed by atoms with van der Waals surface area (Å²) in [5.41, 5.74) is 0. The van der Waals surface area contributed by atoms with Crippen LogP contribution in [-0.2, 0) is 0 Å². The van der Waals surface area contributed by atoms with Crippen molar-refractivity contribution in [2.75, 3.05) is 7.11 Å². The lowest BCUT2D eigenvalue weighted by atomic mass is 10.3. The van der Waals surface area contributed by atoms with Gasteiger partial charge in [0, 0.05) is 0 Å². The largest absolute Gasteiger partial charge is 0.504 e. The first-order valence-electron chi connectivity index (χ1n) is 5.08. The van der Waals surface area contributed by atoms with Gasteiger partial charge in [0.15, 0.2) is 28.7 Å². The van der Waals surface area contributed by atoms with Crippen LogP contribution in [0.1, 0.15) is 0 Å². The van der Waals surface area contributed by atoms with Crippen molar-refractivity contribution < 1.29 is 25.2 Å². The van der Waals surface area contributed by atoms with E-state index in [1.807, 2.05) is 0 Å². The summed E-state index contributed by atoms with van der Waals surface area (Å²) in [5.74, 6) is -0.403. The van der Waals surface area contributed by atoms with E-state index in [4.69, 9.17) is 25.2 Å². The molecule has 0 amide bonds. The first-order valence-corrected chi connectivity index (χ1v) is 5.08. The summed E-state index contributed by atoms with van der Waals surface area (Å²) < 4.78 is 4.79. The molecule has 0 aliphatic heterocycles. The van der Waals surface area contributed by atoms with E-state index in [2.05, 4.69) is 0 Å². The fourth-order valence-electron chi connectivity index (χ4n) is 1.15. The Labute approximate surface area is 104 Å². The fraction of sp³-hybridized carbons (Fsp3) is 0.0769. The van der Waals surface area contributed by atoms with Crippen LogP contribution in [0.3, 0.4) is 0 Å². The third kappa shape index (κ3) is 3.48. The van der Waals surface area contributed by atoms with Gasteiger partial charge in [-0.25, -0.2) is 0 Å². The topological polar surface area (TPSA) is 90.2 Å². The van der Waals surface area contributed by atoms with Crippen LogP contribution in [0.25, 0.3) is 0 Å². The highest BCUT2D eigenvalue weighted by molar-refractivity contribution is 5.47. The lowest BCUT2D eigenvalue weighted by molar-refractivity contribution is 0.368. The number of hydrogen-bond donors (Lipinski definition) is 4. The number of ether oxygens (including phenoxy) is 1. The molecule has 0 aromatic heterocycles. The molecular weight excluding hydrogens is 236 g/mol. The zero-order valence-corrected chi connectivity index (χ0v) is 9.74. The van der Waals surface area contributed by atoms with Crippen molar-refractivity contribution in [3.63, 3.8) is 0 Å². The molecule has 4 N–H and O–H groups in total. The van der Waals surface area contributed by atoms with Gasteiger partial charge in [-0.15, -0.1) is 0 Å². The summed E-state index contributed by atoms with van der Waals surface area (Å²) in [7, 11) is 1.52. The predicted molar refractivity (Wildman–Crippen MR) is 66.1 cm³/mol. The lowest BCUT2D eigenvalue weighted by Gasteiger charge is -1.99. The highest BCUT2D eigenvalue weighted by Crippen LogP contribution is 2.32. The van der Waals surface area contributed by atoms with Gasteiger partial charge < -0.3 is 25.2 Å². The van der Waals surface area contributed by atoms with E-state index in [1.165, 1.54) is 25.3 Å². The molecule has 2 aromatic carbocycles. The summed E-state index contributed by atoms with van der Waals surface area (Å²) in [4.78, 5) is 0. The smallest absolute Gasteiger partial charge is 0.200 e. The summed E-state index contributed by atoms with van der Waals surface area (Å²) in [6.45, 7) is 0. The van der Waals surface area contributed by atoms with Crippen LogP contribution in [0.5, 0.6) is 28.7 Å². The Hall–Kier alpha value is -2.56. The Morgan fingerprint density at radius 1 is 0.722 bits per heavy atom. The molecule has 0 saturated carbocycles. The quantitative estimate of drug-likeness (QED) is 0.582. The van der Waals surface area contributed by atoms with Crippen molar-refractivity contribution in [3.8, 4) is 28.7 Å². The first kappa shape index (κ1) is 13.5. The second-order valence-corrected chi connectivity index (χ2v) is 3.32. The van der Waals surface area contributed by atoms with Gasteiger partial charge in [0.2, 0.25) is 0 Å². The van der Waals surface area contributed by atoms with Crippen LogP contribution >= 0.6 is 0 Å². The zero-order valence-electron chi connectivity index (χ0n) is 9.74. The molecule has 2 aromatic rings. The Balaban J connectivity index is 0.000000180. The van der Waals surface area contributed by atoms with E-state index in [1.54, 1.807) is 24.3 Å². The van der Waals surface area contributed by atoms with Gasteiger partial charge in [-0.2, -0.15) is 0 Å². The Morgan fingerprint density at radius 3 is 1.61 bits per heavy atom. The summed E-state index contributed by atoms with van der Waals surface area (Å²) in [6, 6.07) is 10.8. The maximum atomic E-state index is 8.99. The van der Waals surface area contributed by atoms with E-state index < -0.39 is 5.75 Å². The SMILES string of the molecule is COc1ccccc1O.Oc1cccc(O)c1O. The third-order valence-electron chi connectivity index (χ3n) is 2.08. The summed E-state index contributed by atoms with van der Waals surface area (Å²) in [5, 5.41) is 35.1. The van der Waals surface area contributed by atoms with E-state index in [0.717, 1.165) is 0 Å². The van der Waals surface area contributed by atoms with Gasteiger partial charge in [0.05, 0.1) is 7.11 Å². The fourth-order valence-corrected chi connectivity index (χ4v) is 1.15. The monoisotopic (exact) mass is 250 g/mol. The van der Waals surface area contributed by atoms with Gasteiger partial charge in [-0.3, -0.25) is 0 Å². The van der Waals surface area contributed by atoms with Crippen LogP contribution < -0.4 is 4.74 Å². The number of rotatable bonds is 1. The zero-order chi connectivity index (χ0) is 13.5. The highest BCUT2D eigenvalue weighted by atomic mass is 16.5. The molecule has 0 saturated heterocycles. The van der Waals surface area contributed by atoms with Crippen LogP contribution in [0.15, 0.2) is 42.5 Å². The normalized spacial score (nSPS) is 9.17. The number of para-hydroxylation sites is 3. The second-order valence-electron chi connectivity index (χ2n) is 3.32. The minimum atomic E-state index is -0.475. The number of methoxy groups -OCH3 is 1. The van der Waals surface area contributed by atoms with Crippen LogP contribution in [-0.4, -0.2) is 27.5 Å². The molecule has 0 fully saturated rings. The van der Waals surface area contributed by atoms with Crippen molar-refractivity contribution in [1.29, 1.82) is 0 Å². The molecule has 5 nitrogen and oxygen atoms in total. The maximum Gasteiger partial charge on any atom is 0.200 e. The van der Waals surface area contributed by atoms with E-state index >= 15 is 0 Å². The standard InChI is InChI=1S/C7H8O2.C6H6O3/c1-9-7-5-3-2-4-6(7)8;7-4-2-1-3-5(8)6(4)9/h2-5,8H,1H3;1-3,7-9H. The minimum absolute atomic E-state index is 0.181. The van der Waals surface area contributed by atoms with E-state index in [0.29, 0.717) is 5.75 Å². The van der Waals surface area contributed by atoms with Crippen molar-refractivity contribution >= 4 is 0 Å². The molecule has 0 aliphatic rings. The molecule has 0 spiro atoms. The van der Waals surface area contributed by atoms with Crippen LogP contribution in [0, 0.1) is 0 Å². The molecular formula is C13H14O5. The molecule has 0 aliphatic carbocycles. The first-order chi connectivity index (χ1) is 8.56. The van der Waals surface area contributed by atoms with E-state index in [-0.39, 0.29) is 17.2 Å². The Kier molecular flexibility index (Phi) is 4.68. The molecule has 2 rings (SSSR count). The molecule has 0 unspecified atom stereocenters. The van der Waals surface area contributed by atoms with Crippen molar-refractivity contribution in [2.24, 2.45) is 0 Å². The molecule has 0 heterocycles. The molecule has 18 heavy (non-hydrogen) atoms. The number of phenols is 4. The predicted octanol–water partition coefficient (Wildman–Crippen LogP) is 2.20. The Morgan fingerprint density at radius 2 is 1.22 bits per heavy atom. The molecule has 0 bridgehead atoms.